The average molecular weight is 381 g/mol. The van der Waals surface area contributed by atoms with Gasteiger partial charge in [0.15, 0.2) is 0 Å². The molecule has 6 heteroatoms. The summed E-state index contributed by atoms with van der Waals surface area (Å²) in [5, 5.41) is 3.27. The van der Waals surface area contributed by atoms with E-state index in [0.29, 0.717) is 19.5 Å². The van der Waals surface area contributed by atoms with Crippen molar-refractivity contribution in [1.29, 1.82) is 0 Å². The van der Waals surface area contributed by atoms with Crippen LogP contribution in [0.1, 0.15) is 36.4 Å². The quantitative estimate of drug-likeness (QED) is 0.867. The van der Waals surface area contributed by atoms with Crippen LogP contribution >= 0.6 is 12.4 Å². The lowest BCUT2D eigenvalue weighted by Crippen LogP contribution is -2.48. The number of hydrogen-bond donors (Lipinski definition) is 1. The molecule has 2 atom stereocenters. The molecule has 26 heavy (non-hydrogen) atoms. The predicted octanol–water partition coefficient (Wildman–Crippen LogP) is 4.05. The van der Waals surface area contributed by atoms with Crippen molar-refractivity contribution in [2.24, 2.45) is 0 Å². The Kier molecular flexibility index (Phi) is 7.12. The van der Waals surface area contributed by atoms with E-state index in [0.717, 1.165) is 17.7 Å². The summed E-state index contributed by atoms with van der Waals surface area (Å²) >= 11 is 0. The molecule has 1 N–H and O–H groups in total. The molecule has 140 valence electrons. The summed E-state index contributed by atoms with van der Waals surface area (Å²) in [6.45, 7) is 3.89. The third-order valence-electron chi connectivity index (χ3n) is 4.72. The van der Waals surface area contributed by atoms with E-state index in [-0.39, 0.29) is 41.9 Å². The summed E-state index contributed by atoms with van der Waals surface area (Å²) < 4.78 is 26.6. The summed E-state index contributed by atoms with van der Waals surface area (Å²) in [5.74, 6) is -0.547. The molecule has 1 amide bonds. The number of nitrogens with zero attached hydrogens (tertiary/aromatic N) is 1. The van der Waals surface area contributed by atoms with Gasteiger partial charge in [-0.1, -0.05) is 31.2 Å². The van der Waals surface area contributed by atoms with Crippen molar-refractivity contribution in [2.45, 2.75) is 25.3 Å². The van der Waals surface area contributed by atoms with Crippen LogP contribution in [0.15, 0.2) is 48.5 Å². The van der Waals surface area contributed by atoms with Crippen molar-refractivity contribution in [2.75, 3.05) is 19.6 Å². The van der Waals surface area contributed by atoms with Crippen molar-refractivity contribution >= 4 is 18.3 Å². The molecule has 0 aliphatic carbocycles. The van der Waals surface area contributed by atoms with Crippen LogP contribution in [-0.2, 0) is 4.79 Å². The Morgan fingerprint density at radius 2 is 1.92 bits per heavy atom. The van der Waals surface area contributed by atoms with Crippen LogP contribution in [0.5, 0.6) is 0 Å². The van der Waals surface area contributed by atoms with Gasteiger partial charge in [-0.25, -0.2) is 8.78 Å². The summed E-state index contributed by atoms with van der Waals surface area (Å²) in [5.41, 5.74) is 1.74. The van der Waals surface area contributed by atoms with E-state index in [1.54, 1.807) is 18.2 Å². The Bertz CT molecular complexity index is 739. The minimum Gasteiger partial charge on any atom is -0.333 e. The highest BCUT2D eigenvalue weighted by Gasteiger charge is 2.28. The molecule has 1 fully saturated rings. The fraction of sp³-hybridized carbons (Fsp3) is 0.350. The molecule has 0 spiro atoms. The van der Waals surface area contributed by atoms with Crippen LogP contribution in [-0.4, -0.2) is 30.4 Å². The lowest BCUT2D eigenvalue weighted by atomic mass is 9.95. The normalized spacial score (nSPS) is 18.1. The fourth-order valence-electron chi connectivity index (χ4n) is 3.30. The number of carbonyl (C=O) groups is 1. The third kappa shape index (κ3) is 4.80. The summed E-state index contributed by atoms with van der Waals surface area (Å²) in [6.07, 6.45) is 0.345. The van der Waals surface area contributed by atoms with E-state index in [9.17, 15) is 13.6 Å². The number of piperazine rings is 1. The highest BCUT2D eigenvalue weighted by atomic mass is 35.5. The van der Waals surface area contributed by atoms with Crippen molar-refractivity contribution < 1.29 is 13.6 Å². The molecule has 1 aliphatic rings. The molecule has 2 aromatic carbocycles. The summed E-state index contributed by atoms with van der Waals surface area (Å²) in [4.78, 5) is 14.7. The van der Waals surface area contributed by atoms with E-state index in [1.165, 1.54) is 24.3 Å². The Hall–Kier alpha value is -1.98. The number of carbonyl (C=O) groups excluding carboxylic acids is 1. The standard InChI is InChI=1S/C20H22F2N2O.ClH/c1-14(15-5-7-17(21)8-6-15)11-20(25)24-10-9-23-13-19(24)16-3-2-4-18(22)12-16;/h2-8,12,14,19,23H,9-11,13H2,1H3;1H. The first-order chi connectivity index (χ1) is 12.0. The molecule has 1 heterocycles. The zero-order valence-corrected chi connectivity index (χ0v) is 15.4. The molecule has 3 nitrogen and oxygen atoms in total. The van der Waals surface area contributed by atoms with Gasteiger partial charge in [-0.15, -0.1) is 12.4 Å². The SMILES string of the molecule is CC(CC(=O)N1CCNCC1c1cccc(F)c1)c1ccc(F)cc1.Cl. The van der Waals surface area contributed by atoms with Gasteiger partial charge >= 0.3 is 0 Å². The van der Waals surface area contributed by atoms with Gasteiger partial charge in [0.2, 0.25) is 5.91 Å². The van der Waals surface area contributed by atoms with E-state index < -0.39 is 0 Å². The molecule has 0 aromatic heterocycles. The van der Waals surface area contributed by atoms with Crippen LogP contribution in [0.2, 0.25) is 0 Å². The number of nitrogens with one attached hydrogen (secondary N) is 1. The maximum atomic E-state index is 13.6. The van der Waals surface area contributed by atoms with Gasteiger partial charge in [-0.05, 0) is 41.3 Å². The fourth-order valence-corrected chi connectivity index (χ4v) is 3.30. The van der Waals surface area contributed by atoms with Gasteiger partial charge < -0.3 is 10.2 Å². The average Bonchev–Trinajstić information content (AvgIpc) is 2.62. The summed E-state index contributed by atoms with van der Waals surface area (Å²) in [7, 11) is 0. The minimum atomic E-state index is -0.296. The Balaban J connectivity index is 0.00000243. The van der Waals surface area contributed by atoms with Crippen molar-refractivity contribution in [3.05, 3.63) is 71.3 Å². The molecule has 1 saturated heterocycles. The first kappa shape index (κ1) is 20.3. The van der Waals surface area contributed by atoms with Crippen LogP contribution in [0.3, 0.4) is 0 Å². The van der Waals surface area contributed by atoms with Crippen LogP contribution in [0.25, 0.3) is 0 Å². The molecular formula is C20H23ClF2N2O. The van der Waals surface area contributed by atoms with Gasteiger partial charge in [0, 0.05) is 26.1 Å². The topological polar surface area (TPSA) is 32.3 Å². The zero-order chi connectivity index (χ0) is 17.8. The first-order valence-electron chi connectivity index (χ1n) is 8.55. The number of hydrogen-bond acceptors (Lipinski definition) is 2. The smallest absolute Gasteiger partial charge is 0.223 e. The number of amides is 1. The van der Waals surface area contributed by atoms with Crippen LogP contribution < -0.4 is 5.32 Å². The zero-order valence-electron chi connectivity index (χ0n) is 14.6. The van der Waals surface area contributed by atoms with Crippen LogP contribution in [0.4, 0.5) is 8.78 Å². The molecule has 3 rings (SSSR count). The van der Waals surface area contributed by atoms with Gasteiger partial charge in [-0.3, -0.25) is 4.79 Å². The van der Waals surface area contributed by atoms with Gasteiger partial charge in [0.25, 0.3) is 0 Å². The Labute approximate surface area is 158 Å². The van der Waals surface area contributed by atoms with Crippen molar-refractivity contribution in [3.63, 3.8) is 0 Å². The van der Waals surface area contributed by atoms with E-state index >= 15 is 0 Å². The number of rotatable bonds is 4. The van der Waals surface area contributed by atoms with Gasteiger partial charge in [-0.2, -0.15) is 0 Å². The third-order valence-corrected chi connectivity index (χ3v) is 4.72. The van der Waals surface area contributed by atoms with Gasteiger partial charge in [0.05, 0.1) is 6.04 Å². The number of benzene rings is 2. The van der Waals surface area contributed by atoms with E-state index in [4.69, 9.17) is 0 Å². The minimum absolute atomic E-state index is 0. The van der Waals surface area contributed by atoms with Crippen molar-refractivity contribution in [3.8, 4) is 0 Å². The Morgan fingerprint density at radius 1 is 1.19 bits per heavy atom. The van der Waals surface area contributed by atoms with E-state index in [1.807, 2.05) is 17.9 Å². The molecule has 2 aromatic rings. The second-order valence-corrected chi connectivity index (χ2v) is 6.52. The highest BCUT2D eigenvalue weighted by Crippen LogP contribution is 2.27. The lowest BCUT2D eigenvalue weighted by molar-refractivity contribution is -0.134. The second-order valence-electron chi connectivity index (χ2n) is 6.52. The largest absolute Gasteiger partial charge is 0.333 e. The molecule has 0 saturated carbocycles. The summed E-state index contributed by atoms with van der Waals surface area (Å²) in [6, 6.07) is 12.5. The lowest BCUT2D eigenvalue weighted by Gasteiger charge is -2.37. The Morgan fingerprint density at radius 3 is 2.62 bits per heavy atom. The monoisotopic (exact) mass is 380 g/mol. The number of halogens is 3. The molecule has 1 aliphatic heterocycles. The molecule has 0 radical (unpaired) electrons. The highest BCUT2D eigenvalue weighted by molar-refractivity contribution is 5.85. The van der Waals surface area contributed by atoms with Crippen LogP contribution in [0, 0.1) is 11.6 Å². The van der Waals surface area contributed by atoms with Crippen molar-refractivity contribution in [1.82, 2.24) is 10.2 Å². The van der Waals surface area contributed by atoms with E-state index in [2.05, 4.69) is 5.32 Å². The van der Waals surface area contributed by atoms with Gasteiger partial charge in [0.1, 0.15) is 11.6 Å². The second kappa shape index (κ2) is 9.10. The first-order valence-corrected chi connectivity index (χ1v) is 8.55. The molecular weight excluding hydrogens is 358 g/mol. The molecule has 2 unspecified atom stereocenters. The molecule has 0 bridgehead atoms. The maximum absolute atomic E-state index is 13.6. The maximum Gasteiger partial charge on any atom is 0.223 e. The predicted molar refractivity (Wildman–Crippen MR) is 100 cm³/mol.